The van der Waals surface area contributed by atoms with E-state index in [9.17, 15) is 18.0 Å². The summed E-state index contributed by atoms with van der Waals surface area (Å²) in [5, 5.41) is 8.26. The van der Waals surface area contributed by atoms with Crippen LogP contribution in [0.5, 0.6) is 0 Å². The Hall–Kier alpha value is -2.09. The summed E-state index contributed by atoms with van der Waals surface area (Å²) in [6.45, 7) is 0.368. The lowest BCUT2D eigenvalue weighted by Crippen LogP contribution is -2.25. The Bertz CT molecular complexity index is 638. The Labute approximate surface area is 129 Å². The van der Waals surface area contributed by atoms with E-state index in [4.69, 9.17) is 0 Å². The Morgan fingerprint density at radius 1 is 1.27 bits per heavy atom. The van der Waals surface area contributed by atoms with E-state index in [0.717, 1.165) is 23.0 Å². The third kappa shape index (κ3) is 4.20. The first-order chi connectivity index (χ1) is 10.4. The zero-order valence-corrected chi connectivity index (χ0v) is 12.5. The molecule has 0 saturated carbocycles. The van der Waals surface area contributed by atoms with Crippen LogP contribution >= 0.6 is 11.3 Å². The van der Waals surface area contributed by atoms with Crippen LogP contribution in [0.4, 0.5) is 18.3 Å². The Morgan fingerprint density at radius 2 is 1.95 bits per heavy atom. The van der Waals surface area contributed by atoms with E-state index < -0.39 is 17.6 Å². The van der Waals surface area contributed by atoms with Crippen molar-refractivity contribution in [2.45, 2.75) is 12.6 Å². The van der Waals surface area contributed by atoms with E-state index in [2.05, 4.69) is 15.6 Å². The average molecular weight is 329 g/mol. The molecule has 0 fully saturated rings. The van der Waals surface area contributed by atoms with Gasteiger partial charge in [0.15, 0.2) is 5.13 Å². The maximum atomic E-state index is 12.4. The van der Waals surface area contributed by atoms with Crippen LogP contribution in [0.15, 0.2) is 29.6 Å². The standard InChI is InChI=1S/C14H14F3N3OS/c1-18-13-20-11(8-22-13)6-7-19-12(21)9-2-4-10(5-3-9)14(15,16)17/h2-5,8H,6-7H2,1H3,(H,18,20)(H,19,21). The molecule has 0 radical (unpaired) electrons. The number of nitrogens with one attached hydrogen (secondary N) is 2. The van der Waals surface area contributed by atoms with Crippen LogP contribution in [-0.2, 0) is 12.6 Å². The van der Waals surface area contributed by atoms with Crippen LogP contribution < -0.4 is 10.6 Å². The Morgan fingerprint density at radius 3 is 2.50 bits per heavy atom. The highest BCUT2D eigenvalue weighted by molar-refractivity contribution is 7.13. The van der Waals surface area contributed by atoms with Gasteiger partial charge in [-0.1, -0.05) is 0 Å². The van der Waals surface area contributed by atoms with Gasteiger partial charge in [-0.25, -0.2) is 4.98 Å². The third-order valence-corrected chi connectivity index (χ3v) is 3.82. The quantitative estimate of drug-likeness (QED) is 0.886. The number of hydrogen-bond acceptors (Lipinski definition) is 4. The highest BCUT2D eigenvalue weighted by Crippen LogP contribution is 2.29. The Kier molecular flexibility index (Phi) is 5.02. The molecule has 2 N–H and O–H groups in total. The predicted octanol–water partition coefficient (Wildman–Crippen LogP) is 3.18. The van der Waals surface area contributed by atoms with Crippen LogP contribution in [0, 0.1) is 0 Å². The van der Waals surface area contributed by atoms with Crippen molar-refractivity contribution in [2.24, 2.45) is 0 Å². The molecule has 0 aliphatic rings. The predicted molar refractivity (Wildman–Crippen MR) is 79.1 cm³/mol. The van der Waals surface area contributed by atoms with Crippen molar-refractivity contribution >= 4 is 22.4 Å². The summed E-state index contributed by atoms with van der Waals surface area (Å²) in [6.07, 6.45) is -3.84. The number of benzene rings is 1. The van der Waals surface area contributed by atoms with E-state index in [1.54, 1.807) is 7.05 Å². The second-order valence-electron chi connectivity index (χ2n) is 4.48. The lowest BCUT2D eigenvalue weighted by Gasteiger charge is -2.08. The first-order valence-corrected chi connectivity index (χ1v) is 7.35. The number of nitrogens with zero attached hydrogens (tertiary/aromatic N) is 1. The molecule has 0 saturated heterocycles. The first kappa shape index (κ1) is 16.3. The third-order valence-electron chi connectivity index (χ3n) is 2.91. The largest absolute Gasteiger partial charge is 0.416 e. The summed E-state index contributed by atoms with van der Waals surface area (Å²) in [4.78, 5) is 16.1. The number of halogens is 3. The average Bonchev–Trinajstić information content (AvgIpc) is 2.94. The van der Waals surface area contributed by atoms with E-state index in [-0.39, 0.29) is 5.56 Å². The van der Waals surface area contributed by atoms with Crippen molar-refractivity contribution in [1.29, 1.82) is 0 Å². The minimum atomic E-state index is -4.40. The lowest BCUT2D eigenvalue weighted by atomic mass is 10.1. The summed E-state index contributed by atoms with van der Waals surface area (Å²) in [6, 6.07) is 4.13. The number of carbonyl (C=O) groups is 1. The molecule has 2 aromatic rings. The molecule has 0 aliphatic carbocycles. The molecular formula is C14H14F3N3OS. The number of rotatable bonds is 5. The normalized spacial score (nSPS) is 11.3. The zero-order chi connectivity index (χ0) is 16.2. The molecule has 118 valence electrons. The van der Waals surface area contributed by atoms with Gasteiger partial charge in [-0.2, -0.15) is 13.2 Å². The molecule has 8 heteroatoms. The molecule has 4 nitrogen and oxygen atoms in total. The fourth-order valence-electron chi connectivity index (χ4n) is 1.75. The molecule has 1 aromatic carbocycles. The van der Waals surface area contributed by atoms with Gasteiger partial charge in [0, 0.05) is 31.0 Å². The van der Waals surface area contributed by atoms with Gasteiger partial charge in [-0.05, 0) is 24.3 Å². The van der Waals surface area contributed by atoms with Gasteiger partial charge in [0.05, 0.1) is 11.3 Å². The minimum Gasteiger partial charge on any atom is -0.365 e. The number of carbonyl (C=O) groups excluding carboxylic acids is 1. The van der Waals surface area contributed by atoms with Crippen molar-refractivity contribution in [2.75, 3.05) is 18.9 Å². The maximum absolute atomic E-state index is 12.4. The number of aromatic nitrogens is 1. The molecular weight excluding hydrogens is 315 g/mol. The molecule has 0 aliphatic heterocycles. The molecule has 0 bridgehead atoms. The summed E-state index contributed by atoms with van der Waals surface area (Å²) in [5.74, 6) is -0.405. The van der Waals surface area contributed by atoms with Crippen molar-refractivity contribution in [3.05, 3.63) is 46.5 Å². The zero-order valence-electron chi connectivity index (χ0n) is 11.7. The van der Waals surface area contributed by atoms with Crippen LogP contribution in [0.3, 0.4) is 0 Å². The molecule has 0 spiro atoms. The van der Waals surface area contributed by atoms with Gasteiger partial charge < -0.3 is 10.6 Å². The lowest BCUT2D eigenvalue weighted by molar-refractivity contribution is -0.137. The Balaban J connectivity index is 1.87. The molecule has 22 heavy (non-hydrogen) atoms. The summed E-state index contributed by atoms with van der Waals surface area (Å²) in [5.41, 5.74) is 0.273. The first-order valence-electron chi connectivity index (χ1n) is 6.48. The van der Waals surface area contributed by atoms with Gasteiger partial charge >= 0.3 is 6.18 Å². The highest BCUT2D eigenvalue weighted by atomic mass is 32.1. The van der Waals surface area contributed by atoms with Crippen LogP contribution in [0.25, 0.3) is 0 Å². The van der Waals surface area contributed by atoms with Crippen molar-refractivity contribution < 1.29 is 18.0 Å². The van der Waals surface area contributed by atoms with Gasteiger partial charge in [0.2, 0.25) is 0 Å². The van der Waals surface area contributed by atoms with Crippen LogP contribution in [-0.4, -0.2) is 24.5 Å². The topological polar surface area (TPSA) is 54.0 Å². The smallest absolute Gasteiger partial charge is 0.365 e. The molecule has 0 atom stereocenters. The fourth-order valence-corrected chi connectivity index (χ4v) is 2.46. The van der Waals surface area contributed by atoms with Gasteiger partial charge in [-0.3, -0.25) is 4.79 Å². The number of alkyl halides is 3. The van der Waals surface area contributed by atoms with E-state index in [1.165, 1.54) is 23.5 Å². The SMILES string of the molecule is CNc1nc(CCNC(=O)c2ccc(C(F)(F)F)cc2)cs1. The second-order valence-corrected chi connectivity index (χ2v) is 5.33. The molecule has 0 unspecified atom stereocenters. The van der Waals surface area contributed by atoms with Crippen LogP contribution in [0.1, 0.15) is 21.6 Å². The van der Waals surface area contributed by atoms with Gasteiger partial charge in [0.25, 0.3) is 5.91 Å². The molecule has 1 aromatic heterocycles. The summed E-state index contributed by atoms with van der Waals surface area (Å²) >= 11 is 1.47. The highest BCUT2D eigenvalue weighted by Gasteiger charge is 2.30. The van der Waals surface area contributed by atoms with Gasteiger partial charge in [-0.15, -0.1) is 11.3 Å². The summed E-state index contributed by atoms with van der Waals surface area (Å²) < 4.78 is 37.3. The van der Waals surface area contributed by atoms with Crippen molar-refractivity contribution in [3.8, 4) is 0 Å². The van der Waals surface area contributed by atoms with Crippen molar-refractivity contribution in [1.82, 2.24) is 10.3 Å². The minimum absolute atomic E-state index is 0.196. The number of amides is 1. The van der Waals surface area contributed by atoms with E-state index in [1.807, 2.05) is 5.38 Å². The second kappa shape index (κ2) is 6.78. The molecule has 1 heterocycles. The van der Waals surface area contributed by atoms with Crippen molar-refractivity contribution in [3.63, 3.8) is 0 Å². The van der Waals surface area contributed by atoms with Gasteiger partial charge in [0.1, 0.15) is 0 Å². The molecule has 1 amide bonds. The molecule has 2 rings (SSSR count). The van der Waals surface area contributed by atoms with E-state index in [0.29, 0.717) is 13.0 Å². The maximum Gasteiger partial charge on any atom is 0.416 e. The number of anilines is 1. The van der Waals surface area contributed by atoms with E-state index >= 15 is 0 Å². The van der Waals surface area contributed by atoms with Crippen LogP contribution in [0.2, 0.25) is 0 Å². The fraction of sp³-hybridized carbons (Fsp3) is 0.286. The number of hydrogen-bond donors (Lipinski definition) is 2. The summed E-state index contributed by atoms with van der Waals surface area (Å²) in [7, 11) is 1.77. The monoisotopic (exact) mass is 329 g/mol. The number of thiazole rings is 1.